The van der Waals surface area contributed by atoms with Gasteiger partial charge in [0.2, 0.25) is 5.91 Å². The van der Waals surface area contributed by atoms with E-state index in [0.717, 1.165) is 36.2 Å². The summed E-state index contributed by atoms with van der Waals surface area (Å²) in [6.45, 7) is 2.04. The second-order valence-electron chi connectivity index (χ2n) is 9.30. The lowest BCUT2D eigenvalue weighted by Crippen LogP contribution is -2.55. The van der Waals surface area contributed by atoms with E-state index in [0.29, 0.717) is 31.5 Å². The Hall–Kier alpha value is -2.47. The SMILES string of the molecule is N[C@H](C(=O)N1C[C@@H]2C[C@H](C1)c1cc(-c3ccccn3)cc(=O)n1C2)C1CCCCC1. The first-order chi connectivity index (χ1) is 14.6. The second-order valence-corrected chi connectivity index (χ2v) is 9.30. The maximum atomic E-state index is 13.2. The van der Waals surface area contributed by atoms with Gasteiger partial charge < -0.3 is 15.2 Å². The molecule has 4 heterocycles. The Labute approximate surface area is 177 Å². The lowest BCUT2D eigenvalue weighted by atomic mass is 9.80. The number of piperidine rings is 1. The minimum atomic E-state index is -0.383. The van der Waals surface area contributed by atoms with E-state index in [1.165, 1.54) is 19.3 Å². The summed E-state index contributed by atoms with van der Waals surface area (Å²) in [6.07, 6.45) is 8.53. The number of fused-ring (bicyclic) bond motifs is 4. The summed E-state index contributed by atoms with van der Waals surface area (Å²) in [7, 11) is 0. The maximum Gasteiger partial charge on any atom is 0.251 e. The van der Waals surface area contributed by atoms with Crippen LogP contribution in [-0.4, -0.2) is 39.5 Å². The summed E-state index contributed by atoms with van der Waals surface area (Å²) >= 11 is 0. The monoisotopic (exact) mass is 406 g/mol. The molecule has 3 aliphatic rings. The van der Waals surface area contributed by atoms with Crippen molar-refractivity contribution in [2.75, 3.05) is 13.1 Å². The van der Waals surface area contributed by atoms with Gasteiger partial charge in [0.15, 0.2) is 0 Å². The van der Waals surface area contributed by atoms with Gasteiger partial charge in [0.1, 0.15) is 0 Å². The summed E-state index contributed by atoms with van der Waals surface area (Å²) in [6, 6.07) is 9.14. The molecule has 2 aromatic rings. The number of aromatic nitrogens is 2. The second kappa shape index (κ2) is 7.99. The van der Waals surface area contributed by atoms with E-state index in [2.05, 4.69) is 11.1 Å². The Morgan fingerprint density at radius 3 is 2.70 bits per heavy atom. The number of hydrogen-bond donors (Lipinski definition) is 1. The first-order valence-electron chi connectivity index (χ1n) is 11.3. The molecule has 5 rings (SSSR count). The number of carbonyl (C=O) groups excluding carboxylic acids is 1. The molecule has 1 saturated carbocycles. The third-order valence-electron chi connectivity index (χ3n) is 7.27. The Morgan fingerprint density at radius 2 is 1.93 bits per heavy atom. The Morgan fingerprint density at radius 1 is 1.10 bits per heavy atom. The minimum Gasteiger partial charge on any atom is -0.340 e. The predicted molar refractivity (Wildman–Crippen MR) is 116 cm³/mol. The molecule has 1 aliphatic carbocycles. The Balaban J connectivity index is 1.40. The van der Waals surface area contributed by atoms with Gasteiger partial charge in [-0.15, -0.1) is 0 Å². The van der Waals surface area contributed by atoms with Crippen molar-refractivity contribution in [3.63, 3.8) is 0 Å². The van der Waals surface area contributed by atoms with E-state index >= 15 is 0 Å². The van der Waals surface area contributed by atoms with Gasteiger partial charge in [-0.3, -0.25) is 14.6 Å². The van der Waals surface area contributed by atoms with Crippen molar-refractivity contribution in [1.29, 1.82) is 0 Å². The fraction of sp³-hybridized carbons (Fsp3) is 0.542. The van der Waals surface area contributed by atoms with Crippen molar-refractivity contribution in [2.45, 2.75) is 57.0 Å². The fourth-order valence-corrected chi connectivity index (χ4v) is 5.73. The van der Waals surface area contributed by atoms with E-state index in [4.69, 9.17) is 5.73 Å². The van der Waals surface area contributed by atoms with Crippen LogP contribution in [0.25, 0.3) is 11.3 Å². The van der Waals surface area contributed by atoms with Crippen molar-refractivity contribution in [3.05, 3.63) is 52.6 Å². The van der Waals surface area contributed by atoms with E-state index in [1.807, 2.05) is 27.7 Å². The highest BCUT2D eigenvalue weighted by Gasteiger charge is 2.39. The number of amides is 1. The standard InChI is InChI=1S/C24H30N4O2/c25-23(17-6-2-1-3-7-17)24(30)27-13-16-10-19(15-27)21-11-18(12-22(29)28(21)14-16)20-8-4-5-9-26-20/h4-5,8-9,11-12,16-17,19,23H,1-3,6-7,10,13-15,25H2/t16-,19+,23-/m0/s1. The molecule has 30 heavy (non-hydrogen) atoms. The fourth-order valence-electron chi connectivity index (χ4n) is 5.73. The highest BCUT2D eigenvalue weighted by Crippen LogP contribution is 2.37. The lowest BCUT2D eigenvalue weighted by Gasteiger charge is -2.44. The van der Waals surface area contributed by atoms with Gasteiger partial charge in [0, 0.05) is 49.1 Å². The van der Waals surface area contributed by atoms with E-state index < -0.39 is 0 Å². The smallest absolute Gasteiger partial charge is 0.251 e. The van der Waals surface area contributed by atoms with Gasteiger partial charge >= 0.3 is 0 Å². The van der Waals surface area contributed by atoms with Crippen molar-refractivity contribution < 1.29 is 4.79 Å². The quantitative estimate of drug-likeness (QED) is 0.850. The maximum absolute atomic E-state index is 13.2. The highest BCUT2D eigenvalue weighted by molar-refractivity contribution is 5.82. The van der Waals surface area contributed by atoms with Gasteiger partial charge in [-0.25, -0.2) is 0 Å². The van der Waals surface area contributed by atoms with Crippen LogP contribution >= 0.6 is 0 Å². The van der Waals surface area contributed by atoms with Crippen molar-refractivity contribution >= 4 is 5.91 Å². The summed E-state index contributed by atoms with van der Waals surface area (Å²) in [5.41, 5.74) is 9.16. The third-order valence-corrected chi connectivity index (χ3v) is 7.27. The zero-order chi connectivity index (χ0) is 20.7. The number of nitrogens with two attached hydrogens (primary N) is 1. The topological polar surface area (TPSA) is 81.2 Å². The molecule has 0 unspecified atom stereocenters. The minimum absolute atomic E-state index is 0.0292. The first-order valence-corrected chi connectivity index (χ1v) is 11.3. The Kier molecular flexibility index (Phi) is 5.19. The zero-order valence-corrected chi connectivity index (χ0v) is 17.4. The van der Waals surface area contributed by atoms with E-state index in [1.54, 1.807) is 12.3 Å². The van der Waals surface area contributed by atoms with Crippen LogP contribution in [0.3, 0.4) is 0 Å². The molecule has 2 aromatic heterocycles. The predicted octanol–water partition coefficient (Wildman–Crippen LogP) is 2.76. The zero-order valence-electron chi connectivity index (χ0n) is 17.4. The van der Waals surface area contributed by atoms with Crippen LogP contribution in [0, 0.1) is 11.8 Å². The third kappa shape index (κ3) is 3.58. The average molecular weight is 407 g/mol. The molecule has 2 aliphatic heterocycles. The molecule has 2 fully saturated rings. The molecule has 6 heteroatoms. The normalized spacial score (nSPS) is 24.9. The molecule has 1 amide bonds. The molecule has 0 aromatic carbocycles. The number of pyridine rings is 2. The average Bonchev–Trinajstić information content (AvgIpc) is 2.79. The molecule has 2 N–H and O–H groups in total. The molecular formula is C24H30N4O2. The van der Waals surface area contributed by atoms with Gasteiger partial charge in [0.25, 0.3) is 5.56 Å². The molecule has 0 radical (unpaired) electrons. The summed E-state index contributed by atoms with van der Waals surface area (Å²) in [5.74, 6) is 0.917. The molecular weight excluding hydrogens is 376 g/mol. The summed E-state index contributed by atoms with van der Waals surface area (Å²) in [5, 5.41) is 0. The van der Waals surface area contributed by atoms with Crippen molar-refractivity contribution in [3.8, 4) is 11.3 Å². The molecule has 3 atom stereocenters. The van der Waals surface area contributed by atoms with Gasteiger partial charge in [-0.05, 0) is 49.3 Å². The number of rotatable bonds is 3. The van der Waals surface area contributed by atoms with E-state index in [9.17, 15) is 9.59 Å². The van der Waals surface area contributed by atoms with Crippen LogP contribution in [0.2, 0.25) is 0 Å². The summed E-state index contributed by atoms with van der Waals surface area (Å²) < 4.78 is 1.91. The molecule has 2 bridgehead atoms. The summed E-state index contributed by atoms with van der Waals surface area (Å²) in [4.78, 5) is 32.5. The highest BCUT2D eigenvalue weighted by atomic mass is 16.2. The molecule has 158 valence electrons. The van der Waals surface area contributed by atoms with Crippen LogP contribution < -0.4 is 11.3 Å². The Bertz CT molecular complexity index is 980. The molecule has 0 spiro atoms. The van der Waals surface area contributed by atoms with Gasteiger partial charge in [-0.2, -0.15) is 0 Å². The number of likely N-dealkylation sites (tertiary alicyclic amines) is 1. The van der Waals surface area contributed by atoms with Crippen LogP contribution in [0.1, 0.15) is 50.1 Å². The largest absolute Gasteiger partial charge is 0.340 e. The van der Waals surface area contributed by atoms with Crippen LogP contribution in [0.15, 0.2) is 41.3 Å². The van der Waals surface area contributed by atoms with Crippen LogP contribution in [0.5, 0.6) is 0 Å². The molecule has 6 nitrogen and oxygen atoms in total. The number of carbonyl (C=O) groups is 1. The first kappa shape index (κ1) is 19.5. The molecule has 1 saturated heterocycles. The van der Waals surface area contributed by atoms with Crippen LogP contribution in [-0.2, 0) is 11.3 Å². The van der Waals surface area contributed by atoms with E-state index in [-0.39, 0.29) is 23.4 Å². The van der Waals surface area contributed by atoms with Crippen molar-refractivity contribution in [2.24, 2.45) is 17.6 Å². The van der Waals surface area contributed by atoms with Gasteiger partial charge in [0.05, 0.1) is 11.7 Å². The number of nitrogens with zero attached hydrogens (tertiary/aromatic N) is 3. The van der Waals surface area contributed by atoms with Gasteiger partial charge in [-0.1, -0.05) is 25.3 Å². The number of hydrogen-bond acceptors (Lipinski definition) is 4. The van der Waals surface area contributed by atoms with Crippen molar-refractivity contribution in [1.82, 2.24) is 14.5 Å². The van der Waals surface area contributed by atoms with Crippen LogP contribution in [0.4, 0.5) is 0 Å². The lowest BCUT2D eigenvalue weighted by molar-refractivity contribution is -0.137.